The van der Waals surface area contributed by atoms with Crippen LogP contribution in [0.1, 0.15) is 17.0 Å². The number of allylic oxidation sites excluding steroid dienone is 1. The van der Waals surface area contributed by atoms with Gasteiger partial charge in [-0.2, -0.15) is 5.26 Å². The second-order valence-corrected chi connectivity index (χ2v) is 7.28. The second kappa shape index (κ2) is 9.28. The predicted octanol–water partition coefficient (Wildman–Crippen LogP) is 4.74. The normalized spacial score (nSPS) is 18.5. The lowest BCUT2D eigenvalue weighted by Gasteiger charge is -2.29. The summed E-state index contributed by atoms with van der Waals surface area (Å²) in [6, 6.07) is 24.3. The molecule has 7 heteroatoms. The zero-order valence-electron chi connectivity index (χ0n) is 17.8. The zero-order valence-corrected chi connectivity index (χ0v) is 17.8. The van der Waals surface area contributed by atoms with E-state index in [9.17, 15) is 9.65 Å². The molecule has 4 rings (SSSR count). The highest BCUT2D eigenvalue weighted by Gasteiger charge is 2.36. The largest absolute Gasteiger partial charge is 0.497 e. The molecule has 0 fully saturated rings. The number of rotatable bonds is 4. The first kappa shape index (κ1) is 21.7. The first-order valence-electron chi connectivity index (χ1n) is 10.1. The van der Waals surface area contributed by atoms with Crippen LogP contribution in [0.5, 0.6) is 5.75 Å². The quantitative estimate of drug-likeness (QED) is 0.609. The van der Waals surface area contributed by atoms with Gasteiger partial charge in [-0.25, -0.2) is 9.38 Å². The van der Waals surface area contributed by atoms with E-state index in [0.29, 0.717) is 33.8 Å². The third-order valence-electron chi connectivity index (χ3n) is 5.28. The molecule has 164 valence electrons. The number of ether oxygens (including phenoxy) is 2. The molecule has 6 nitrogen and oxygen atoms in total. The Morgan fingerprint density at radius 1 is 1.03 bits per heavy atom. The number of hydrogen-bond donors (Lipinski definition) is 2. The van der Waals surface area contributed by atoms with Crippen LogP contribution < -0.4 is 16.2 Å². The molecule has 3 aromatic carbocycles. The number of nitrogens with zero attached hydrogens (tertiary/aromatic N) is 2. The van der Waals surface area contributed by atoms with Crippen molar-refractivity contribution in [3.8, 4) is 11.8 Å². The molecular formula is C26H21FN4O2. The van der Waals surface area contributed by atoms with Crippen LogP contribution in [0, 0.1) is 17.1 Å². The molecular weight excluding hydrogens is 419 g/mol. The summed E-state index contributed by atoms with van der Waals surface area (Å²) >= 11 is 0. The van der Waals surface area contributed by atoms with Crippen LogP contribution in [0.15, 0.2) is 101 Å². The molecule has 0 bridgehead atoms. The number of hydrogen-bond acceptors (Lipinski definition) is 6. The van der Waals surface area contributed by atoms with E-state index < -0.39 is 11.7 Å². The fourth-order valence-corrected chi connectivity index (χ4v) is 3.63. The summed E-state index contributed by atoms with van der Waals surface area (Å²) in [6.07, 6.45) is 0. The smallest absolute Gasteiger partial charge is 0.228 e. The Hall–Kier alpha value is -4.57. The van der Waals surface area contributed by atoms with E-state index in [2.05, 4.69) is 11.1 Å². The number of nitrogens with two attached hydrogens (primary N) is 2. The summed E-state index contributed by atoms with van der Waals surface area (Å²) < 4.78 is 24.7. The van der Waals surface area contributed by atoms with E-state index in [1.54, 1.807) is 43.5 Å². The Balaban J connectivity index is 1.99. The maximum atomic E-state index is 13.7. The molecule has 1 atom stereocenters. The van der Waals surface area contributed by atoms with Crippen LogP contribution in [0.2, 0.25) is 0 Å². The predicted molar refractivity (Wildman–Crippen MR) is 125 cm³/mol. The molecule has 0 aliphatic carbocycles. The molecule has 0 spiro atoms. The number of para-hydroxylation sites is 1. The van der Waals surface area contributed by atoms with Gasteiger partial charge in [0.15, 0.2) is 0 Å². The van der Waals surface area contributed by atoms with Crippen molar-refractivity contribution in [3.05, 3.63) is 113 Å². The molecule has 1 aliphatic heterocycles. The van der Waals surface area contributed by atoms with Gasteiger partial charge in [0.2, 0.25) is 11.8 Å². The first-order chi connectivity index (χ1) is 16.0. The Kier molecular flexibility index (Phi) is 6.09. The van der Waals surface area contributed by atoms with Crippen molar-refractivity contribution in [3.63, 3.8) is 0 Å². The summed E-state index contributed by atoms with van der Waals surface area (Å²) in [4.78, 5) is 4.63. The third kappa shape index (κ3) is 4.41. The topological polar surface area (TPSA) is 107 Å². The molecule has 4 N–H and O–H groups in total. The third-order valence-corrected chi connectivity index (χ3v) is 5.28. The van der Waals surface area contributed by atoms with Crippen molar-refractivity contribution >= 4 is 17.3 Å². The summed E-state index contributed by atoms with van der Waals surface area (Å²) in [5, 5.41) is 9.90. The molecule has 0 radical (unpaired) electrons. The lowest BCUT2D eigenvalue weighted by Crippen LogP contribution is -2.29. The average Bonchev–Trinajstić information content (AvgIpc) is 2.84. The molecule has 1 heterocycles. The van der Waals surface area contributed by atoms with Gasteiger partial charge in [0.25, 0.3) is 0 Å². The SMILES string of the molecule is COc1ccc(C(N)=C2C(=Nc3ccccc3)OC(N)=C(C#N)C2c2ccc(F)cc2)cc1. The van der Waals surface area contributed by atoms with Gasteiger partial charge in [0.05, 0.1) is 24.3 Å². The number of halogens is 1. The second-order valence-electron chi connectivity index (χ2n) is 7.28. The van der Waals surface area contributed by atoms with Crippen LogP contribution in [0.4, 0.5) is 10.1 Å². The van der Waals surface area contributed by atoms with Gasteiger partial charge in [0.1, 0.15) is 23.2 Å². The van der Waals surface area contributed by atoms with E-state index in [1.807, 2.05) is 30.3 Å². The van der Waals surface area contributed by atoms with Crippen LogP contribution in [0.3, 0.4) is 0 Å². The maximum absolute atomic E-state index is 13.7. The van der Waals surface area contributed by atoms with Crippen LogP contribution in [-0.2, 0) is 4.74 Å². The minimum atomic E-state index is -0.700. The fourth-order valence-electron chi connectivity index (χ4n) is 3.63. The van der Waals surface area contributed by atoms with Crippen molar-refractivity contribution in [2.24, 2.45) is 16.5 Å². The molecule has 1 aliphatic rings. The number of nitriles is 1. The van der Waals surface area contributed by atoms with Gasteiger partial charge in [-0.1, -0.05) is 30.3 Å². The van der Waals surface area contributed by atoms with Crippen molar-refractivity contribution in [1.29, 1.82) is 5.26 Å². The van der Waals surface area contributed by atoms with Crippen molar-refractivity contribution < 1.29 is 13.9 Å². The molecule has 0 amide bonds. The van der Waals surface area contributed by atoms with E-state index in [1.165, 1.54) is 12.1 Å². The van der Waals surface area contributed by atoms with Gasteiger partial charge < -0.3 is 20.9 Å². The van der Waals surface area contributed by atoms with E-state index in [-0.39, 0.29) is 17.4 Å². The molecule has 33 heavy (non-hydrogen) atoms. The van der Waals surface area contributed by atoms with Gasteiger partial charge in [0, 0.05) is 5.70 Å². The number of benzene rings is 3. The summed E-state index contributed by atoms with van der Waals surface area (Å²) in [7, 11) is 1.58. The Morgan fingerprint density at radius 3 is 2.30 bits per heavy atom. The van der Waals surface area contributed by atoms with Gasteiger partial charge >= 0.3 is 0 Å². The lowest BCUT2D eigenvalue weighted by atomic mass is 9.81. The van der Waals surface area contributed by atoms with Crippen molar-refractivity contribution in [2.45, 2.75) is 5.92 Å². The molecule has 3 aromatic rings. The monoisotopic (exact) mass is 440 g/mol. The van der Waals surface area contributed by atoms with Gasteiger partial charge in [-0.15, -0.1) is 0 Å². The maximum Gasteiger partial charge on any atom is 0.228 e. The Bertz CT molecular complexity index is 1290. The number of methoxy groups -OCH3 is 1. The number of aliphatic imine (C=N–C) groups is 1. The molecule has 0 saturated heterocycles. The highest BCUT2D eigenvalue weighted by atomic mass is 19.1. The minimum absolute atomic E-state index is 0.0761. The highest BCUT2D eigenvalue weighted by Crippen LogP contribution is 2.41. The molecule has 1 unspecified atom stereocenters. The first-order valence-corrected chi connectivity index (χ1v) is 10.1. The van der Waals surface area contributed by atoms with Crippen molar-refractivity contribution in [2.75, 3.05) is 7.11 Å². The Labute approximate surface area is 190 Å². The van der Waals surface area contributed by atoms with Gasteiger partial charge in [-0.3, -0.25) is 0 Å². The van der Waals surface area contributed by atoms with E-state index in [0.717, 1.165) is 0 Å². The standard InChI is InChI=1S/C26H21FN4O2/c1-32-20-13-9-17(10-14-20)24(29)23-22(16-7-11-18(27)12-8-16)21(15-28)25(30)33-26(23)31-19-5-3-2-4-6-19/h2-14,22H,29-30H2,1H3. The van der Waals surface area contributed by atoms with E-state index >= 15 is 0 Å². The molecule has 0 saturated carbocycles. The minimum Gasteiger partial charge on any atom is -0.497 e. The van der Waals surface area contributed by atoms with Gasteiger partial charge in [-0.05, 0) is 59.7 Å². The summed E-state index contributed by atoms with van der Waals surface area (Å²) in [5.74, 6) is -0.332. The Morgan fingerprint density at radius 2 is 1.70 bits per heavy atom. The lowest BCUT2D eigenvalue weighted by molar-refractivity contribution is 0.388. The summed E-state index contributed by atoms with van der Waals surface area (Å²) in [5.41, 5.74) is 15.7. The van der Waals surface area contributed by atoms with Crippen molar-refractivity contribution in [1.82, 2.24) is 0 Å². The average molecular weight is 440 g/mol. The zero-order chi connectivity index (χ0) is 23.4. The van der Waals surface area contributed by atoms with Crippen LogP contribution >= 0.6 is 0 Å². The van der Waals surface area contributed by atoms with Crippen LogP contribution in [-0.4, -0.2) is 13.0 Å². The fraction of sp³-hybridized carbons (Fsp3) is 0.0769. The van der Waals surface area contributed by atoms with E-state index in [4.69, 9.17) is 20.9 Å². The summed E-state index contributed by atoms with van der Waals surface area (Å²) in [6.45, 7) is 0. The van der Waals surface area contributed by atoms with Crippen LogP contribution in [0.25, 0.3) is 5.70 Å². The highest BCUT2D eigenvalue weighted by molar-refractivity contribution is 6.05. The molecule has 0 aromatic heterocycles.